The average Bonchev–Trinajstić information content (AvgIpc) is 2.16. The molecule has 0 radical (unpaired) electrons. The fraction of sp³-hybridized carbons (Fsp3) is 0.556. The first-order valence-electron chi connectivity index (χ1n) is 4.04. The lowest BCUT2D eigenvalue weighted by Crippen LogP contribution is -2.29. The van der Waals surface area contributed by atoms with Crippen molar-refractivity contribution in [2.24, 2.45) is 5.73 Å². The Morgan fingerprint density at radius 1 is 1.83 bits per heavy atom. The van der Waals surface area contributed by atoms with Crippen LogP contribution in [0.2, 0.25) is 0 Å². The van der Waals surface area contributed by atoms with Crippen LogP contribution in [0.4, 0.5) is 0 Å². The minimum Gasteiger partial charge on any atom is -0.372 e. The lowest BCUT2D eigenvalue weighted by atomic mass is 10.1. The Labute approximate surface area is 77.9 Å². The molecule has 0 spiro atoms. The maximum Gasteiger partial charge on any atom is 0.0954 e. The number of thioether (sulfide) groups is 1. The summed E-state index contributed by atoms with van der Waals surface area (Å²) in [6.45, 7) is 5.11. The summed E-state index contributed by atoms with van der Waals surface area (Å²) in [4.78, 5) is 1.37. The molecule has 2 nitrogen and oxygen atoms in total. The molecular formula is C9H15NOS. The largest absolute Gasteiger partial charge is 0.372 e. The summed E-state index contributed by atoms with van der Waals surface area (Å²) in [7, 11) is 0. The van der Waals surface area contributed by atoms with Crippen molar-refractivity contribution in [2.75, 3.05) is 19.4 Å². The van der Waals surface area contributed by atoms with E-state index >= 15 is 0 Å². The van der Waals surface area contributed by atoms with Crippen LogP contribution in [0.5, 0.6) is 0 Å². The summed E-state index contributed by atoms with van der Waals surface area (Å²) in [5.74, 6) is 0. The van der Waals surface area contributed by atoms with E-state index in [9.17, 15) is 0 Å². The van der Waals surface area contributed by atoms with E-state index < -0.39 is 0 Å². The van der Waals surface area contributed by atoms with E-state index in [0.717, 1.165) is 13.0 Å². The lowest BCUT2D eigenvalue weighted by Gasteiger charge is -2.25. The first kappa shape index (κ1) is 9.84. The Hall–Kier alpha value is -0.250. The van der Waals surface area contributed by atoms with Gasteiger partial charge in [0.1, 0.15) is 0 Å². The van der Waals surface area contributed by atoms with Crippen molar-refractivity contribution < 1.29 is 4.74 Å². The van der Waals surface area contributed by atoms with Gasteiger partial charge in [0.25, 0.3) is 0 Å². The first-order valence-corrected chi connectivity index (χ1v) is 5.27. The van der Waals surface area contributed by atoms with Crippen molar-refractivity contribution in [3.8, 4) is 0 Å². The Kier molecular flexibility index (Phi) is 3.85. The van der Waals surface area contributed by atoms with Crippen LogP contribution in [-0.2, 0) is 4.74 Å². The second-order valence-corrected chi connectivity index (χ2v) is 3.53. The zero-order chi connectivity index (χ0) is 8.97. The number of hydrogen-bond acceptors (Lipinski definition) is 3. The predicted molar refractivity (Wildman–Crippen MR) is 54.1 cm³/mol. The molecule has 0 aromatic heterocycles. The van der Waals surface area contributed by atoms with Gasteiger partial charge in [-0.2, -0.15) is 0 Å². The van der Waals surface area contributed by atoms with Crippen molar-refractivity contribution in [3.63, 3.8) is 0 Å². The molecule has 2 N–H and O–H groups in total. The van der Waals surface area contributed by atoms with Crippen LogP contribution in [0.1, 0.15) is 6.42 Å². The highest BCUT2D eigenvalue weighted by atomic mass is 32.2. The van der Waals surface area contributed by atoms with Gasteiger partial charge in [-0.1, -0.05) is 12.7 Å². The summed E-state index contributed by atoms with van der Waals surface area (Å²) in [5.41, 5.74) is 6.75. The van der Waals surface area contributed by atoms with E-state index in [1.54, 1.807) is 11.8 Å². The van der Waals surface area contributed by atoms with Gasteiger partial charge in [-0.3, -0.25) is 0 Å². The highest BCUT2D eigenvalue weighted by molar-refractivity contribution is 8.02. The Morgan fingerprint density at radius 3 is 3.08 bits per heavy atom. The standard InChI is InChI=1S/C9H15NOS/c1-3-7-8(6-10)11-5-4-9(7)12-2/h3,8H,1,4-6,10H2,2H3. The zero-order valence-corrected chi connectivity index (χ0v) is 8.19. The van der Waals surface area contributed by atoms with Crippen LogP contribution in [0, 0.1) is 0 Å². The third-order valence-electron chi connectivity index (χ3n) is 2.00. The molecule has 1 unspecified atom stereocenters. The molecule has 0 amide bonds. The molecule has 0 saturated heterocycles. The quantitative estimate of drug-likeness (QED) is 0.724. The molecule has 0 bridgehead atoms. The molecule has 3 heteroatoms. The Balaban J connectivity index is 2.85. The fourth-order valence-electron chi connectivity index (χ4n) is 1.37. The third-order valence-corrected chi connectivity index (χ3v) is 2.93. The molecule has 1 atom stereocenters. The fourth-order valence-corrected chi connectivity index (χ4v) is 2.11. The third kappa shape index (κ3) is 1.91. The van der Waals surface area contributed by atoms with Gasteiger partial charge >= 0.3 is 0 Å². The molecule has 0 fully saturated rings. The highest BCUT2D eigenvalue weighted by Gasteiger charge is 2.19. The maximum atomic E-state index is 5.57. The second-order valence-electron chi connectivity index (χ2n) is 2.63. The van der Waals surface area contributed by atoms with Crippen molar-refractivity contribution in [1.82, 2.24) is 0 Å². The molecule has 1 rings (SSSR count). The summed E-state index contributed by atoms with van der Waals surface area (Å²) in [5, 5.41) is 0. The topological polar surface area (TPSA) is 35.2 Å². The Morgan fingerprint density at radius 2 is 2.58 bits per heavy atom. The molecule has 12 heavy (non-hydrogen) atoms. The first-order chi connectivity index (χ1) is 5.83. The lowest BCUT2D eigenvalue weighted by molar-refractivity contribution is 0.0782. The van der Waals surface area contributed by atoms with Crippen molar-refractivity contribution in [3.05, 3.63) is 23.1 Å². The van der Waals surface area contributed by atoms with E-state index in [2.05, 4.69) is 12.8 Å². The van der Waals surface area contributed by atoms with Crippen LogP contribution >= 0.6 is 11.8 Å². The monoisotopic (exact) mass is 185 g/mol. The summed E-state index contributed by atoms with van der Waals surface area (Å²) < 4.78 is 5.50. The second kappa shape index (κ2) is 4.70. The van der Waals surface area contributed by atoms with Gasteiger partial charge < -0.3 is 10.5 Å². The average molecular weight is 185 g/mol. The molecule has 0 saturated carbocycles. The van der Waals surface area contributed by atoms with Gasteiger partial charge in [-0.05, 0) is 16.7 Å². The van der Waals surface area contributed by atoms with Crippen molar-refractivity contribution >= 4 is 11.8 Å². The van der Waals surface area contributed by atoms with Crippen LogP contribution in [0.3, 0.4) is 0 Å². The van der Waals surface area contributed by atoms with Crippen LogP contribution in [0.15, 0.2) is 23.1 Å². The minimum absolute atomic E-state index is 0.0682. The minimum atomic E-state index is 0.0682. The number of ether oxygens (including phenoxy) is 1. The number of hydrogen-bond donors (Lipinski definition) is 1. The molecule has 0 aliphatic carbocycles. The van der Waals surface area contributed by atoms with Gasteiger partial charge in [0.15, 0.2) is 0 Å². The van der Waals surface area contributed by atoms with Gasteiger partial charge in [-0.25, -0.2) is 0 Å². The van der Waals surface area contributed by atoms with Crippen molar-refractivity contribution in [2.45, 2.75) is 12.5 Å². The molecule has 1 aliphatic heterocycles. The molecule has 1 heterocycles. The van der Waals surface area contributed by atoms with E-state index in [-0.39, 0.29) is 6.10 Å². The number of nitrogens with two attached hydrogens (primary N) is 1. The van der Waals surface area contributed by atoms with Gasteiger partial charge in [0.05, 0.1) is 12.7 Å². The maximum absolute atomic E-state index is 5.57. The SMILES string of the molecule is C=CC1=C(SC)CCOC1CN. The summed E-state index contributed by atoms with van der Waals surface area (Å²) in [6, 6.07) is 0. The van der Waals surface area contributed by atoms with E-state index in [1.807, 2.05) is 6.08 Å². The molecule has 0 aromatic carbocycles. The molecule has 1 aliphatic rings. The van der Waals surface area contributed by atoms with Gasteiger partial charge in [0.2, 0.25) is 0 Å². The van der Waals surface area contributed by atoms with Crippen LogP contribution < -0.4 is 5.73 Å². The van der Waals surface area contributed by atoms with Gasteiger partial charge in [0, 0.05) is 13.0 Å². The van der Waals surface area contributed by atoms with E-state index in [1.165, 1.54) is 10.5 Å². The number of rotatable bonds is 3. The molecule has 68 valence electrons. The van der Waals surface area contributed by atoms with Gasteiger partial charge in [-0.15, -0.1) is 11.8 Å². The highest BCUT2D eigenvalue weighted by Crippen LogP contribution is 2.28. The van der Waals surface area contributed by atoms with Crippen molar-refractivity contribution in [1.29, 1.82) is 0 Å². The van der Waals surface area contributed by atoms with Crippen LogP contribution in [-0.4, -0.2) is 25.5 Å². The van der Waals surface area contributed by atoms with E-state index in [0.29, 0.717) is 6.54 Å². The summed E-state index contributed by atoms with van der Waals surface area (Å²) >= 11 is 1.77. The smallest absolute Gasteiger partial charge is 0.0954 e. The normalized spacial score (nSPS) is 24.3. The predicted octanol–water partition coefficient (Wildman–Crippen LogP) is 1.54. The molecule has 0 aromatic rings. The zero-order valence-electron chi connectivity index (χ0n) is 7.38. The Bertz CT molecular complexity index is 201. The van der Waals surface area contributed by atoms with E-state index in [4.69, 9.17) is 10.5 Å². The summed E-state index contributed by atoms with van der Waals surface area (Å²) in [6.07, 6.45) is 5.01. The van der Waals surface area contributed by atoms with Crippen LogP contribution in [0.25, 0.3) is 0 Å². The molecular weight excluding hydrogens is 170 g/mol.